The van der Waals surface area contributed by atoms with Gasteiger partial charge in [0.25, 0.3) is 0 Å². The predicted molar refractivity (Wildman–Crippen MR) is 84.0 cm³/mol. The standard InChI is InChI=1S/C14H17N3O2S/c15-14(20)11-9-16-12-4-2-1-3-10(12)13(11)17(5-7-18)6-8-19/h1-4,9,18-19H,5-8H2,(H2,15,20). The van der Waals surface area contributed by atoms with Crippen LogP contribution in [0.5, 0.6) is 0 Å². The van der Waals surface area contributed by atoms with Gasteiger partial charge in [0, 0.05) is 24.7 Å². The largest absolute Gasteiger partial charge is 0.395 e. The molecule has 5 nitrogen and oxygen atoms in total. The van der Waals surface area contributed by atoms with Gasteiger partial charge in [-0.05, 0) is 6.07 Å². The molecule has 0 aliphatic carbocycles. The average molecular weight is 291 g/mol. The van der Waals surface area contributed by atoms with E-state index in [1.165, 1.54) is 0 Å². The maximum Gasteiger partial charge on any atom is 0.107 e. The van der Waals surface area contributed by atoms with Gasteiger partial charge in [0.05, 0.1) is 30.0 Å². The van der Waals surface area contributed by atoms with Gasteiger partial charge in [0.15, 0.2) is 0 Å². The number of hydrogen-bond donors (Lipinski definition) is 3. The number of nitrogens with zero attached hydrogens (tertiary/aromatic N) is 2. The lowest BCUT2D eigenvalue weighted by Crippen LogP contribution is -2.32. The second-order valence-electron chi connectivity index (χ2n) is 4.34. The number of nitrogens with two attached hydrogens (primary N) is 1. The molecule has 4 N–H and O–H groups in total. The minimum absolute atomic E-state index is 0.0204. The SMILES string of the molecule is NC(=S)c1cnc2ccccc2c1N(CCO)CCO. The molecule has 1 aromatic heterocycles. The van der Waals surface area contributed by atoms with Crippen molar-refractivity contribution in [1.82, 2.24) is 4.98 Å². The normalized spacial score (nSPS) is 10.7. The smallest absolute Gasteiger partial charge is 0.107 e. The molecule has 1 heterocycles. The molecule has 0 atom stereocenters. The van der Waals surface area contributed by atoms with E-state index in [4.69, 9.17) is 18.0 Å². The van der Waals surface area contributed by atoms with Crippen LogP contribution in [0.3, 0.4) is 0 Å². The number of pyridine rings is 1. The molecular formula is C14H17N3O2S. The van der Waals surface area contributed by atoms with E-state index in [9.17, 15) is 10.2 Å². The lowest BCUT2D eigenvalue weighted by molar-refractivity contribution is 0.281. The van der Waals surface area contributed by atoms with Crippen LogP contribution < -0.4 is 10.6 Å². The summed E-state index contributed by atoms with van der Waals surface area (Å²) < 4.78 is 0. The Morgan fingerprint density at radius 3 is 2.45 bits per heavy atom. The minimum atomic E-state index is -0.0204. The van der Waals surface area contributed by atoms with Crippen molar-refractivity contribution in [2.45, 2.75) is 0 Å². The Hall–Kier alpha value is -1.76. The summed E-state index contributed by atoms with van der Waals surface area (Å²) in [6.07, 6.45) is 1.64. The Kier molecular flexibility index (Phi) is 4.84. The van der Waals surface area contributed by atoms with Crippen molar-refractivity contribution in [1.29, 1.82) is 0 Å². The fourth-order valence-electron chi connectivity index (χ4n) is 2.22. The van der Waals surface area contributed by atoms with Crippen molar-refractivity contribution >= 4 is 33.8 Å². The first-order valence-corrected chi connectivity index (χ1v) is 6.74. The third kappa shape index (κ3) is 2.87. The van der Waals surface area contributed by atoms with Gasteiger partial charge in [-0.2, -0.15) is 0 Å². The van der Waals surface area contributed by atoms with Gasteiger partial charge in [-0.25, -0.2) is 0 Å². The molecule has 0 aliphatic rings. The monoisotopic (exact) mass is 291 g/mol. The predicted octanol–water partition coefficient (Wildman–Crippen LogP) is 0.660. The first-order valence-electron chi connectivity index (χ1n) is 6.33. The van der Waals surface area contributed by atoms with Crippen LogP contribution in [0.15, 0.2) is 30.5 Å². The van der Waals surface area contributed by atoms with E-state index in [1.807, 2.05) is 29.2 Å². The second kappa shape index (κ2) is 6.60. The molecule has 6 heteroatoms. The third-order valence-corrected chi connectivity index (χ3v) is 3.29. The van der Waals surface area contributed by atoms with Crippen molar-refractivity contribution in [2.75, 3.05) is 31.2 Å². The fourth-order valence-corrected chi connectivity index (χ4v) is 2.37. The molecule has 0 fully saturated rings. The Morgan fingerprint density at radius 2 is 1.85 bits per heavy atom. The molecule has 106 valence electrons. The quantitative estimate of drug-likeness (QED) is 0.678. The fraction of sp³-hybridized carbons (Fsp3) is 0.286. The van der Waals surface area contributed by atoms with Gasteiger partial charge < -0.3 is 20.8 Å². The van der Waals surface area contributed by atoms with Crippen LogP contribution in [0.4, 0.5) is 5.69 Å². The van der Waals surface area contributed by atoms with E-state index in [0.717, 1.165) is 16.6 Å². The number of thiocarbonyl (C=S) groups is 1. The summed E-state index contributed by atoms with van der Waals surface area (Å²) in [7, 11) is 0. The highest BCUT2D eigenvalue weighted by atomic mass is 32.1. The molecule has 0 saturated carbocycles. The number of para-hydroxylation sites is 1. The van der Waals surface area contributed by atoms with E-state index >= 15 is 0 Å². The molecule has 0 amide bonds. The van der Waals surface area contributed by atoms with Crippen molar-refractivity contribution in [3.05, 3.63) is 36.0 Å². The summed E-state index contributed by atoms with van der Waals surface area (Å²) in [4.78, 5) is 6.47. The zero-order chi connectivity index (χ0) is 14.5. The molecule has 0 bridgehead atoms. The topological polar surface area (TPSA) is 82.6 Å². The number of aromatic nitrogens is 1. The Morgan fingerprint density at radius 1 is 1.20 bits per heavy atom. The van der Waals surface area contributed by atoms with Gasteiger partial charge in [-0.15, -0.1) is 0 Å². The number of aliphatic hydroxyl groups excluding tert-OH is 2. The molecule has 0 unspecified atom stereocenters. The summed E-state index contributed by atoms with van der Waals surface area (Å²) in [5.41, 5.74) is 8.06. The van der Waals surface area contributed by atoms with Crippen LogP contribution in [-0.2, 0) is 0 Å². The molecular weight excluding hydrogens is 274 g/mol. The number of hydrogen-bond acceptors (Lipinski definition) is 5. The molecule has 20 heavy (non-hydrogen) atoms. The Bertz CT molecular complexity index is 612. The van der Waals surface area contributed by atoms with Gasteiger partial charge in [-0.3, -0.25) is 4.98 Å². The van der Waals surface area contributed by atoms with Gasteiger partial charge in [-0.1, -0.05) is 30.4 Å². The van der Waals surface area contributed by atoms with Crippen molar-refractivity contribution in [2.24, 2.45) is 5.73 Å². The first kappa shape index (κ1) is 14.6. The number of aliphatic hydroxyl groups is 2. The van der Waals surface area contributed by atoms with Crippen molar-refractivity contribution in [3.63, 3.8) is 0 Å². The van der Waals surface area contributed by atoms with Crippen LogP contribution in [0.1, 0.15) is 5.56 Å². The summed E-state index contributed by atoms with van der Waals surface area (Å²) in [6, 6.07) is 7.65. The number of anilines is 1. The average Bonchev–Trinajstić information content (AvgIpc) is 2.45. The van der Waals surface area contributed by atoms with Crippen LogP contribution in [0, 0.1) is 0 Å². The maximum atomic E-state index is 9.22. The van der Waals surface area contributed by atoms with Crippen LogP contribution in [0.2, 0.25) is 0 Å². The van der Waals surface area contributed by atoms with Gasteiger partial charge >= 0.3 is 0 Å². The van der Waals surface area contributed by atoms with Crippen LogP contribution >= 0.6 is 12.2 Å². The highest BCUT2D eigenvalue weighted by molar-refractivity contribution is 7.80. The Balaban J connectivity index is 2.67. The molecule has 0 radical (unpaired) electrons. The van der Waals surface area contributed by atoms with Gasteiger partial charge in [0.2, 0.25) is 0 Å². The number of rotatable bonds is 6. The first-order chi connectivity index (χ1) is 9.69. The maximum absolute atomic E-state index is 9.22. The zero-order valence-electron chi connectivity index (χ0n) is 11.0. The van der Waals surface area contributed by atoms with Gasteiger partial charge in [0.1, 0.15) is 4.99 Å². The lowest BCUT2D eigenvalue weighted by Gasteiger charge is -2.26. The van der Waals surface area contributed by atoms with E-state index < -0.39 is 0 Å². The minimum Gasteiger partial charge on any atom is -0.395 e. The van der Waals surface area contributed by atoms with E-state index in [0.29, 0.717) is 18.7 Å². The molecule has 2 aromatic rings. The van der Waals surface area contributed by atoms with Crippen LogP contribution in [-0.4, -0.2) is 46.5 Å². The third-order valence-electron chi connectivity index (χ3n) is 3.07. The Labute approximate surface area is 122 Å². The molecule has 0 saturated heterocycles. The molecule has 2 rings (SSSR count). The molecule has 0 aliphatic heterocycles. The van der Waals surface area contributed by atoms with Crippen molar-refractivity contribution < 1.29 is 10.2 Å². The van der Waals surface area contributed by atoms with Crippen molar-refractivity contribution in [3.8, 4) is 0 Å². The molecule has 0 spiro atoms. The highest BCUT2D eigenvalue weighted by Gasteiger charge is 2.16. The van der Waals surface area contributed by atoms with E-state index in [2.05, 4.69) is 4.98 Å². The molecule has 1 aromatic carbocycles. The van der Waals surface area contributed by atoms with E-state index in [1.54, 1.807) is 6.20 Å². The lowest BCUT2D eigenvalue weighted by atomic mass is 10.1. The van der Waals surface area contributed by atoms with Crippen LogP contribution in [0.25, 0.3) is 10.9 Å². The summed E-state index contributed by atoms with van der Waals surface area (Å²) in [5.74, 6) is 0. The van der Waals surface area contributed by atoms with E-state index in [-0.39, 0.29) is 18.2 Å². The number of benzene rings is 1. The number of fused-ring (bicyclic) bond motifs is 1. The zero-order valence-corrected chi connectivity index (χ0v) is 11.8. The summed E-state index contributed by atoms with van der Waals surface area (Å²) in [5, 5.41) is 19.3. The highest BCUT2D eigenvalue weighted by Crippen LogP contribution is 2.29. The summed E-state index contributed by atoms with van der Waals surface area (Å²) >= 11 is 5.09. The summed E-state index contributed by atoms with van der Waals surface area (Å²) in [6.45, 7) is 0.745. The second-order valence-corrected chi connectivity index (χ2v) is 4.78.